The summed E-state index contributed by atoms with van der Waals surface area (Å²) in [6, 6.07) is 0. The fourth-order valence-electron chi connectivity index (χ4n) is 2.21. The second kappa shape index (κ2) is 4.86. The SMILES string of the molecule is CC1(C)CN(CC(C)(C)S(C)(=O)=O)CCCN1. The molecule has 17 heavy (non-hydrogen) atoms. The van der Waals surface area contributed by atoms with Gasteiger partial charge in [0.1, 0.15) is 0 Å². The van der Waals surface area contributed by atoms with Crippen molar-refractivity contribution in [3.63, 3.8) is 0 Å². The minimum absolute atomic E-state index is 0.0596. The van der Waals surface area contributed by atoms with Gasteiger partial charge in [-0.2, -0.15) is 0 Å². The van der Waals surface area contributed by atoms with E-state index < -0.39 is 14.6 Å². The predicted molar refractivity (Wildman–Crippen MR) is 72.1 cm³/mol. The van der Waals surface area contributed by atoms with Crippen LogP contribution in [0.15, 0.2) is 0 Å². The first-order valence-electron chi connectivity index (χ1n) is 6.21. The van der Waals surface area contributed by atoms with E-state index in [2.05, 4.69) is 24.1 Å². The molecule has 1 rings (SSSR count). The number of rotatable bonds is 3. The first-order valence-corrected chi connectivity index (χ1v) is 8.10. The summed E-state index contributed by atoms with van der Waals surface area (Å²) < 4.78 is 22.8. The van der Waals surface area contributed by atoms with E-state index in [4.69, 9.17) is 0 Å². The number of hydrogen-bond acceptors (Lipinski definition) is 4. The van der Waals surface area contributed by atoms with Crippen LogP contribution in [0.2, 0.25) is 0 Å². The van der Waals surface area contributed by atoms with Crippen LogP contribution < -0.4 is 5.32 Å². The van der Waals surface area contributed by atoms with Gasteiger partial charge in [-0.05, 0) is 47.2 Å². The zero-order valence-electron chi connectivity index (χ0n) is 11.7. The van der Waals surface area contributed by atoms with Gasteiger partial charge in [0.25, 0.3) is 0 Å². The molecule has 0 saturated carbocycles. The third kappa shape index (κ3) is 4.23. The van der Waals surface area contributed by atoms with Gasteiger partial charge < -0.3 is 5.32 Å². The maximum absolute atomic E-state index is 11.7. The van der Waals surface area contributed by atoms with Gasteiger partial charge in [-0.3, -0.25) is 4.90 Å². The topological polar surface area (TPSA) is 49.4 Å². The third-order valence-corrected chi connectivity index (χ3v) is 5.62. The lowest BCUT2D eigenvalue weighted by Gasteiger charge is -2.34. The van der Waals surface area contributed by atoms with Crippen LogP contribution in [-0.4, -0.2) is 56.0 Å². The summed E-state index contributed by atoms with van der Waals surface area (Å²) in [5.74, 6) is 0. The summed E-state index contributed by atoms with van der Waals surface area (Å²) in [5, 5.41) is 3.48. The molecular formula is C12H26N2O2S. The molecular weight excluding hydrogens is 236 g/mol. The van der Waals surface area contributed by atoms with Crippen molar-refractivity contribution in [2.75, 3.05) is 32.4 Å². The lowest BCUT2D eigenvalue weighted by molar-refractivity contribution is 0.215. The summed E-state index contributed by atoms with van der Waals surface area (Å²) in [6.45, 7) is 11.4. The van der Waals surface area contributed by atoms with E-state index in [1.165, 1.54) is 6.26 Å². The van der Waals surface area contributed by atoms with Crippen molar-refractivity contribution in [3.05, 3.63) is 0 Å². The fourth-order valence-corrected chi connectivity index (χ4v) is 2.63. The fraction of sp³-hybridized carbons (Fsp3) is 1.00. The molecule has 102 valence electrons. The van der Waals surface area contributed by atoms with Crippen molar-refractivity contribution in [1.82, 2.24) is 10.2 Å². The van der Waals surface area contributed by atoms with Crippen molar-refractivity contribution < 1.29 is 8.42 Å². The van der Waals surface area contributed by atoms with Crippen molar-refractivity contribution in [2.24, 2.45) is 0 Å². The first-order chi connectivity index (χ1) is 7.54. The van der Waals surface area contributed by atoms with Crippen LogP contribution in [0, 0.1) is 0 Å². The summed E-state index contributed by atoms with van der Waals surface area (Å²) in [7, 11) is -3.01. The summed E-state index contributed by atoms with van der Waals surface area (Å²) in [4.78, 5) is 2.26. The average Bonchev–Trinajstić information content (AvgIpc) is 2.23. The molecule has 0 bridgehead atoms. The van der Waals surface area contributed by atoms with E-state index in [1.54, 1.807) is 0 Å². The van der Waals surface area contributed by atoms with Crippen molar-refractivity contribution in [3.8, 4) is 0 Å². The molecule has 0 aromatic heterocycles. The molecule has 1 fully saturated rings. The van der Waals surface area contributed by atoms with Gasteiger partial charge in [0, 0.05) is 24.9 Å². The molecule has 0 aromatic rings. The van der Waals surface area contributed by atoms with Crippen LogP contribution >= 0.6 is 0 Å². The highest BCUT2D eigenvalue weighted by atomic mass is 32.2. The Bertz CT molecular complexity index is 361. The molecule has 1 aliphatic heterocycles. The third-order valence-electron chi connectivity index (χ3n) is 3.48. The molecule has 1 N–H and O–H groups in total. The van der Waals surface area contributed by atoms with Gasteiger partial charge in [0.05, 0.1) is 4.75 Å². The van der Waals surface area contributed by atoms with E-state index in [-0.39, 0.29) is 5.54 Å². The molecule has 1 aliphatic rings. The van der Waals surface area contributed by atoms with Gasteiger partial charge in [-0.15, -0.1) is 0 Å². The number of hydrogen-bond donors (Lipinski definition) is 1. The Balaban J connectivity index is 2.74. The van der Waals surface area contributed by atoms with Gasteiger partial charge >= 0.3 is 0 Å². The number of sulfone groups is 1. The number of nitrogens with one attached hydrogen (secondary N) is 1. The Morgan fingerprint density at radius 1 is 1.35 bits per heavy atom. The van der Waals surface area contributed by atoms with Crippen molar-refractivity contribution in [1.29, 1.82) is 0 Å². The molecule has 0 spiro atoms. The van der Waals surface area contributed by atoms with Gasteiger partial charge in [0.2, 0.25) is 0 Å². The summed E-state index contributed by atoms with van der Waals surface area (Å²) in [5.41, 5.74) is 0.0596. The lowest BCUT2D eigenvalue weighted by Crippen LogP contribution is -2.50. The maximum Gasteiger partial charge on any atom is 0.153 e. The van der Waals surface area contributed by atoms with Gasteiger partial charge in [0.15, 0.2) is 9.84 Å². The molecule has 0 amide bonds. The lowest BCUT2D eigenvalue weighted by atomic mass is 10.0. The first kappa shape index (κ1) is 14.9. The predicted octanol–water partition coefficient (Wildman–Crippen LogP) is 0.884. The second-order valence-corrected chi connectivity index (χ2v) is 9.06. The Hall–Kier alpha value is -0.130. The Morgan fingerprint density at radius 3 is 2.47 bits per heavy atom. The monoisotopic (exact) mass is 262 g/mol. The molecule has 0 atom stereocenters. The van der Waals surface area contributed by atoms with Crippen LogP contribution in [0.5, 0.6) is 0 Å². The Labute approximate surface area is 106 Å². The van der Waals surface area contributed by atoms with Crippen molar-refractivity contribution >= 4 is 9.84 Å². The zero-order chi connectivity index (χ0) is 13.3. The molecule has 0 unspecified atom stereocenters. The normalized spacial score (nSPS) is 23.4. The smallest absolute Gasteiger partial charge is 0.153 e. The van der Waals surface area contributed by atoms with Crippen LogP contribution in [0.4, 0.5) is 0 Å². The largest absolute Gasteiger partial charge is 0.310 e. The molecule has 0 aromatic carbocycles. The van der Waals surface area contributed by atoms with E-state index in [0.717, 1.165) is 26.1 Å². The molecule has 5 heteroatoms. The second-order valence-electron chi connectivity index (χ2n) is 6.41. The zero-order valence-corrected chi connectivity index (χ0v) is 12.5. The van der Waals surface area contributed by atoms with Gasteiger partial charge in [-0.1, -0.05) is 0 Å². The highest BCUT2D eigenvalue weighted by Crippen LogP contribution is 2.19. The Morgan fingerprint density at radius 2 is 1.94 bits per heavy atom. The molecule has 0 radical (unpaired) electrons. The Kier molecular flexibility index (Phi) is 4.27. The highest BCUT2D eigenvalue weighted by molar-refractivity contribution is 7.92. The van der Waals surface area contributed by atoms with Gasteiger partial charge in [-0.25, -0.2) is 8.42 Å². The van der Waals surface area contributed by atoms with Crippen LogP contribution in [0.1, 0.15) is 34.1 Å². The quantitative estimate of drug-likeness (QED) is 0.820. The minimum atomic E-state index is -3.01. The van der Waals surface area contributed by atoms with Crippen molar-refractivity contribution in [2.45, 2.75) is 44.4 Å². The summed E-state index contributed by atoms with van der Waals surface area (Å²) in [6.07, 6.45) is 2.40. The molecule has 1 saturated heterocycles. The molecule has 0 aliphatic carbocycles. The van der Waals surface area contributed by atoms with E-state index in [9.17, 15) is 8.42 Å². The molecule has 1 heterocycles. The molecule has 4 nitrogen and oxygen atoms in total. The standard InChI is InChI=1S/C12H26N2O2S/c1-11(2)9-14(8-6-7-13-11)10-12(3,4)17(5,15)16/h13H,6-10H2,1-5H3. The number of nitrogens with zero attached hydrogens (tertiary/aromatic N) is 1. The maximum atomic E-state index is 11.7. The average molecular weight is 262 g/mol. The minimum Gasteiger partial charge on any atom is -0.310 e. The van der Waals surface area contributed by atoms with Crippen LogP contribution in [0.25, 0.3) is 0 Å². The van der Waals surface area contributed by atoms with Crippen LogP contribution in [0.3, 0.4) is 0 Å². The van der Waals surface area contributed by atoms with E-state index >= 15 is 0 Å². The summed E-state index contributed by atoms with van der Waals surface area (Å²) >= 11 is 0. The van der Waals surface area contributed by atoms with Crippen LogP contribution in [-0.2, 0) is 9.84 Å². The van der Waals surface area contributed by atoms with E-state index in [1.807, 2.05) is 13.8 Å². The highest BCUT2D eigenvalue weighted by Gasteiger charge is 2.34. The van der Waals surface area contributed by atoms with E-state index in [0.29, 0.717) is 6.54 Å².